The van der Waals surface area contributed by atoms with Crippen molar-refractivity contribution in [3.05, 3.63) is 77.0 Å². The van der Waals surface area contributed by atoms with Crippen LogP contribution in [0, 0.1) is 19.7 Å². The molecule has 2 aromatic heterocycles. The number of halogens is 1. The molecule has 0 saturated heterocycles. The average Bonchev–Trinajstić information content (AvgIpc) is 3.13. The van der Waals surface area contributed by atoms with E-state index in [0.717, 1.165) is 28.0 Å². The van der Waals surface area contributed by atoms with Gasteiger partial charge in [0.05, 0.1) is 16.8 Å². The SMILES string of the molecule is CCc1nc(NCCNC(=O)c2ccc(F)cc2)c2c(C)nn(-c3ccccc3C)c2n1. The molecule has 1 amide bonds. The first-order chi connectivity index (χ1) is 15.5. The first-order valence-corrected chi connectivity index (χ1v) is 10.6. The fourth-order valence-corrected chi connectivity index (χ4v) is 3.54. The van der Waals surface area contributed by atoms with Gasteiger partial charge in [0.25, 0.3) is 5.91 Å². The second kappa shape index (κ2) is 9.13. The van der Waals surface area contributed by atoms with Crippen LogP contribution in [-0.2, 0) is 6.42 Å². The van der Waals surface area contributed by atoms with Crippen molar-refractivity contribution in [3.63, 3.8) is 0 Å². The number of aryl methyl sites for hydroxylation is 3. The highest BCUT2D eigenvalue weighted by molar-refractivity contribution is 5.94. The molecule has 2 N–H and O–H groups in total. The van der Waals surface area contributed by atoms with Crippen LogP contribution in [0.25, 0.3) is 16.7 Å². The number of nitrogens with zero attached hydrogens (tertiary/aromatic N) is 4. The van der Waals surface area contributed by atoms with Gasteiger partial charge in [-0.15, -0.1) is 0 Å². The van der Waals surface area contributed by atoms with Gasteiger partial charge < -0.3 is 10.6 Å². The Labute approximate surface area is 185 Å². The minimum absolute atomic E-state index is 0.252. The zero-order valence-corrected chi connectivity index (χ0v) is 18.3. The molecule has 164 valence electrons. The minimum Gasteiger partial charge on any atom is -0.368 e. The summed E-state index contributed by atoms with van der Waals surface area (Å²) in [6.45, 7) is 6.84. The van der Waals surface area contributed by atoms with Gasteiger partial charge in [0.2, 0.25) is 0 Å². The van der Waals surface area contributed by atoms with Crippen molar-refractivity contribution in [1.29, 1.82) is 0 Å². The monoisotopic (exact) mass is 432 g/mol. The molecular weight excluding hydrogens is 407 g/mol. The summed E-state index contributed by atoms with van der Waals surface area (Å²) >= 11 is 0. The average molecular weight is 433 g/mol. The number of amides is 1. The smallest absolute Gasteiger partial charge is 0.251 e. The highest BCUT2D eigenvalue weighted by atomic mass is 19.1. The minimum atomic E-state index is -0.371. The van der Waals surface area contributed by atoms with E-state index in [4.69, 9.17) is 10.1 Å². The summed E-state index contributed by atoms with van der Waals surface area (Å²) in [5.74, 6) is 0.784. The van der Waals surface area contributed by atoms with Gasteiger partial charge in [-0.05, 0) is 49.7 Å². The van der Waals surface area contributed by atoms with Crippen molar-refractivity contribution in [2.24, 2.45) is 0 Å². The van der Waals surface area contributed by atoms with Gasteiger partial charge in [0.15, 0.2) is 5.65 Å². The fourth-order valence-electron chi connectivity index (χ4n) is 3.54. The van der Waals surface area contributed by atoms with Crippen molar-refractivity contribution >= 4 is 22.8 Å². The molecular formula is C24H25FN6O. The van der Waals surface area contributed by atoms with Crippen LogP contribution >= 0.6 is 0 Å². The highest BCUT2D eigenvalue weighted by Gasteiger charge is 2.18. The molecule has 0 aliphatic rings. The molecule has 4 rings (SSSR count). The van der Waals surface area contributed by atoms with Crippen LogP contribution in [0.15, 0.2) is 48.5 Å². The molecule has 0 unspecified atom stereocenters. The first-order valence-electron chi connectivity index (χ1n) is 10.6. The highest BCUT2D eigenvalue weighted by Crippen LogP contribution is 2.27. The Morgan fingerprint density at radius 1 is 1.03 bits per heavy atom. The van der Waals surface area contributed by atoms with Crippen molar-refractivity contribution in [3.8, 4) is 5.69 Å². The van der Waals surface area contributed by atoms with Crippen LogP contribution in [0.2, 0.25) is 0 Å². The van der Waals surface area contributed by atoms with E-state index in [1.54, 1.807) is 0 Å². The molecule has 32 heavy (non-hydrogen) atoms. The number of hydrogen-bond acceptors (Lipinski definition) is 5. The topological polar surface area (TPSA) is 84.7 Å². The number of rotatable bonds is 7. The maximum Gasteiger partial charge on any atom is 0.251 e. The summed E-state index contributed by atoms with van der Waals surface area (Å²) in [6.07, 6.45) is 0.684. The number of anilines is 1. The molecule has 0 bridgehead atoms. The molecule has 0 spiro atoms. The number of para-hydroxylation sites is 1. The second-order valence-electron chi connectivity index (χ2n) is 7.51. The zero-order valence-electron chi connectivity index (χ0n) is 18.3. The largest absolute Gasteiger partial charge is 0.368 e. The number of hydrogen-bond donors (Lipinski definition) is 2. The Bertz CT molecular complexity index is 1270. The summed E-state index contributed by atoms with van der Waals surface area (Å²) in [5, 5.41) is 11.7. The lowest BCUT2D eigenvalue weighted by molar-refractivity contribution is 0.0955. The predicted octanol–water partition coefficient (Wildman–Crippen LogP) is 3.98. The van der Waals surface area contributed by atoms with Crippen molar-refractivity contribution < 1.29 is 9.18 Å². The van der Waals surface area contributed by atoms with Crippen LogP contribution in [-0.4, -0.2) is 38.7 Å². The van der Waals surface area contributed by atoms with E-state index in [9.17, 15) is 9.18 Å². The maximum atomic E-state index is 13.0. The normalized spacial score (nSPS) is 11.0. The number of aromatic nitrogens is 4. The number of carbonyl (C=O) groups is 1. The van der Waals surface area contributed by atoms with Gasteiger partial charge in [0.1, 0.15) is 17.5 Å². The van der Waals surface area contributed by atoms with E-state index in [1.807, 2.05) is 49.7 Å². The Kier molecular flexibility index (Phi) is 6.11. The maximum absolute atomic E-state index is 13.0. The molecule has 4 aromatic rings. The Balaban J connectivity index is 1.55. The van der Waals surface area contributed by atoms with Crippen LogP contribution < -0.4 is 10.6 Å². The number of nitrogens with one attached hydrogen (secondary N) is 2. The summed E-state index contributed by atoms with van der Waals surface area (Å²) < 4.78 is 14.9. The molecule has 0 radical (unpaired) electrons. The Morgan fingerprint density at radius 2 is 1.78 bits per heavy atom. The molecule has 2 aromatic carbocycles. The molecule has 0 aliphatic heterocycles. The van der Waals surface area contributed by atoms with E-state index in [0.29, 0.717) is 36.7 Å². The van der Waals surface area contributed by atoms with Gasteiger partial charge >= 0.3 is 0 Å². The van der Waals surface area contributed by atoms with Gasteiger partial charge in [-0.2, -0.15) is 5.10 Å². The Hall–Kier alpha value is -3.81. The summed E-state index contributed by atoms with van der Waals surface area (Å²) in [6, 6.07) is 13.5. The van der Waals surface area contributed by atoms with E-state index < -0.39 is 0 Å². The molecule has 8 heteroatoms. The quantitative estimate of drug-likeness (QED) is 0.432. The number of fused-ring (bicyclic) bond motifs is 1. The molecule has 7 nitrogen and oxygen atoms in total. The van der Waals surface area contributed by atoms with Crippen molar-refractivity contribution in [1.82, 2.24) is 25.1 Å². The van der Waals surface area contributed by atoms with Crippen LogP contribution in [0.4, 0.5) is 10.2 Å². The van der Waals surface area contributed by atoms with E-state index >= 15 is 0 Å². The third-order valence-electron chi connectivity index (χ3n) is 5.22. The van der Waals surface area contributed by atoms with Crippen molar-refractivity contribution in [2.75, 3.05) is 18.4 Å². The molecule has 0 atom stereocenters. The predicted molar refractivity (Wildman–Crippen MR) is 123 cm³/mol. The number of benzene rings is 2. The lowest BCUT2D eigenvalue weighted by Crippen LogP contribution is -2.29. The van der Waals surface area contributed by atoms with Gasteiger partial charge in [0, 0.05) is 25.1 Å². The lowest BCUT2D eigenvalue weighted by atomic mass is 10.2. The molecule has 2 heterocycles. The second-order valence-corrected chi connectivity index (χ2v) is 7.51. The van der Waals surface area contributed by atoms with Crippen LogP contribution in [0.1, 0.15) is 34.4 Å². The van der Waals surface area contributed by atoms with Crippen molar-refractivity contribution in [2.45, 2.75) is 27.2 Å². The third-order valence-corrected chi connectivity index (χ3v) is 5.22. The standard InChI is InChI=1S/C24H25FN6O/c1-4-20-28-22(26-13-14-27-24(32)17-9-11-18(25)12-10-17)21-16(3)30-31(23(21)29-20)19-8-6-5-7-15(19)2/h5-12H,4,13-14H2,1-3H3,(H,27,32)(H,26,28,29). The zero-order chi connectivity index (χ0) is 22.7. The van der Waals surface area contributed by atoms with E-state index in [2.05, 4.69) is 15.6 Å². The third kappa shape index (κ3) is 4.30. The summed E-state index contributed by atoms with van der Waals surface area (Å²) in [4.78, 5) is 21.6. The summed E-state index contributed by atoms with van der Waals surface area (Å²) in [5.41, 5.74) is 4.07. The van der Waals surface area contributed by atoms with Gasteiger partial charge in [-0.3, -0.25) is 4.79 Å². The van der Waals surface area contributed by atoms with E-state index in [1.165, 1.54) is 24.3 Å². The van der Waals surface area contributed by atoms with E-state index in [-0.39, 0.29) is 11.7 Å². The summed E-state index contributed by atoms with van der Waals surface area (Å²) in [7, 11) is 0. The van der Waals surface area contributed by atoms with Crippen LogP contribution in [0.3, 0.4) is 0 Å². The van der Waals surface area contributed by atoms with Gasteiger partial charge in [-0.1, -0.05) is 25.1 Å². The number of carbonyl (C=O) groups excluding carboxylic acids is 1. The van der Waals surface area contributed by atoms with Gasteiger partial charge in [-0.25, -0.2) is 19.0 Å². The molecule has 0 aliphatic carbocycles. The molecule has 0 fully saturated rings. The Morgan fingerprint density at radius 3 is 2.50 bits per heavy atom. The lowest BCUT2D eigenvalue weighted by Gasteiger charge is -2.11. The first kappa shape index (κ1) is 21.4. The fraction of sp³-hybridized carbons (Fsp3) is 0.250. The molecule has 0 saturated carbocycles. The van der Waals surface area contributed by atoms with Crippen LogP contribution in [0.5, 0.6) is 0 Å².